The summed E-state index contributed by atoms with van der Waals surface area (Å²) in [6.07, 6.45) is 3.75. The third-order valence-electron chi connectivity index (χ3n) is 4.05. The van der Waals surface area contributed by atoms with Crippen molar-refractivity contribution < 1.29 is 9.50 Å². The van der Waals surface area contributed by atoms with Gasteiger partial charge in [-0.1, -0.05) is 23.7 Å². The second kappa shape index (κ2) is 5.55. The van der Waals surface area contributed by atoms with Crippen LogP contribution in [0.25, 0.3) is 0 Å². The van der Waals surface area contributed by atoms with E-state index in [2.05, 4.69) is 0 Å². The average molecular weight is 272 g/mol. The number of aliphatic hydroxyl groups excluding tert-OH is 1. The Hall–Kier alpha value is -0.640. The molecule has 0 bridgehead atoms. The van der Waals surface area contributed by atoms with Crippen molar-refractivity contribution in [1.29, 1.82) is 0 Å². The number of hydrogen-bond acceptors (Lipinski definition) is 2. The highest BCUT2D eigenvalue weighted by atomic mass is 35.5. The van der Waals surface area contributed by atoms with Crippen LogP contribution in [0.3, 0.4) is 0 Å². The van der Waals surface area contributed by atoms with Gasteiger partial charge in [0.2, 0.25) is 0 Å². The van der Waals surface area contributed by atoms with Gasteiger partial charge in [0.05, 0.1) is 11.1 Å². The van der Waals surface area contributed by atoms with Gasteiger partial charge in [-0.3, -0.25) is 0 Å². The zero-order valence-corrected chi connectivity index (χ0v) is 11.1. The molecule has 0 unspecified atom stereocenters. The molecule has 0 saturated heterocycles. The van der Waals surface area contributed by atoms with Crippen LogP contribution in [-0.2, 0) is 6.42 Å². The van der Waals surface area contributed by atoms with Crippen molar-refractivity contribution in [3.8, 4) is 0 Å². The number of rotatable bonds is 3. The van der Waals surface area contributed by atoms with Crippen molar-refractivity contribution in [3.63, 3.8) is 0 Å². The number of hydrogen-bond donors (Lipinski definition) is 2. The molecule has 0 atom stereocenters. The molecule has 100 valence electrons. The Labute approximate surface area is 112 Å². The summed E-state index contributed by atoms with van der Waals surface area (Å²) in [5, 5.41) is 9.78. The van der Waals surface area contributed by atoms with Gasteiger partial charge in [-0.2, -0.15) is 0 Å². The lowest BCUT2D eigenvalue weighted by molar-refractivity contribution is 0.0665. The van der Waals surface area contributed by atoms with Crippen molar-refractivity contribution >= 4 is 11.6 Å². The van der Waals surface area contributed by atoms with Crippen LogP contribution in [0, 0.1) is 11.2 Å². The predicted octanol–water partition coefficient (Wildman–Crippen LogP) is 2.90. The van der Waals surface area contributed by atoms with E-state index in [-0.39, 0.29) is 22.4 Å². The number of aliphatic hydroxyl groups is 1. The minimum atomic E-state index is -0.378. The second-order valence-corrected chi connectivity index (χ2v) is 5.70. The maximum Gasteiger partial charge on any atom is 0.142 e. The van der Waals surface area contributed by atoms with E-state index < -0.39 is 0 Å². The van der Waals surface area contributed by atoms with E-state index in [9.17, 15) is 9.50 Å². The molecule has 18 heavy (non-hydrogen) atoms. The van der Waals surface area contributed by atoms with Gasteiger partial charge in [0.1, 0.15) is 5.82 Å². The van der Waals surface area contributed by atoms with Crippen LogP contribution >= 0.6 is 11.6 Å². The molecule has 0 amide bonds. The van der Waals surface area contributed by atoms with Gasteiger partial charge in [-0.05, 0) is 55.7 Å². The fourth-order valence-corrected chi connectivity index (χ4v) is 2.95. The summed E-state index contributed by atoms with van der Waals surface area (Å²) in [6, 6.07) is 4.90. The molecule has 1 aliphatic rings. The Bertz CT molecular complexity index is 416. The Balaban J connectivity index is 2.17. The summed E-state index contributed by atoms with van der Waals surface area (Å²) in [6.45, 7) is 0.548. The molecule has 0 heterocycles. The monoisotopic (exact) mass is 271 g/mol. The Morgan fingerprint density at radius 3 is 2.67 bits per heavy atom. The van der Waals surface area contributed by atoms with Gasteiger partial charge in [0.15, 0.2) is 0 Å². The van der Waals surface area contributed by atoms with Crippen LogP contribution in [0.15, 0.2) is 18.2 Å². The van der Waals surface area contributed by atoms with Crippen molar-refractivity contribution in [1.82, 2.24) is 0 Å². The fourth-order valence-electron chi connectivity index (χ4n) is 2.76. The van der Waals surface area contributed by atoms with Crippen molar-refractivity contribution in [2.45, 2.75) is 38.2 Å². The first kappa shape index (κ1) is 13.8. The summed E-state index contributed by atoms with van der Waals surface area (Å²) in [5.74, 6) is -0.378. The first-order chi connectivity index (χ1) is 8.56. The van der Waals surface area contributed by atoms with Crippen molar-refractivity contribution in [3.05, 3.63) is 34.6 Å². The van der Waals surface area contributed by atoms with Crippen molar-refractivity contribution in [2.75, 3.05) is 6.54 Å². The van der Waals surface area contributed by atoms with Crippen LogP contribution in [-0.4, -0.2) is 17.8 Å². The maximum absolute atomic E-state index is 13.4. The Morgan fingerprint density at radius 2 is 2.06 bits per heavy atom. The zero-order valence-electron chi connectivity index (χ0n) is 10.3. The molecule has 0 spiro atoms. The van der Waals surface area contributed by atoms with E-state index in [1.807, 2.05) is 6.07 Å². The van der Waals surface area contributed by atoms with Gasteiger partial charge in [0, 0.05) is 0 Å². The quantitative estimate of drug-likeness (QED) is 0.888. The van der Waals surface area contributed by atoms with Gasteiger partial charge < -0.3 is 10.8 Å². The summed E-state index contributed by atoms with van der Waals surface area (Å²) >= 11 is 5.99. The topological polar surface area (TPSA) is 46.2 Å². The van der Waals surface area contributed by atoms with Crippen LogP contribution in [0.4, 0.5) is 4.39 Å². The molecular weight excluding hydrogens is 253 g/mol. The number of nitrogens with two attached hydrogens (primary N) is 1. The van der Waals surface area contributed by atoms with Crippen LogP contribution in [0.5, 0.6) is 0 Å². The summed E-state index contributed by atoms with van der Waals surface area (Å²) in [4.78, 5) is 0. The molecule has 1 saturated carbocycles. The third kappa shape index (κ3) is 2.85. The smallest absolute Gasteiger partial charge is 0.142 e. The Kier molecular flexibility index (Phi) is 4.25. The molecule has 0 radical (unpaired) electrons. The van der Waals surface area contributed by atoms with Gasteiger partial charge in [0.25, 0.3) is 0 Å². The highest BCUT2D eigenvalue weighted by molar-refractivity contribution is 6.31. The Morgan fingerprint density at radius 1 is 1.39 bits per heavy atom. The van der Waals surface area contributed by atoms with E-state index in [4.69, 9.17) is 17.3 Å². The van der Waals surface area contributed by atoms with E-state index >= 15 is 0 Å². The SMILES string of the molecule is NCC1(Cc2cccc(F)c2Cl)CCC(O)CC1. The lowest BCUT2D eigenvalue weighted by Crippen LogP contribution is -2.38. The number of halogens is 2. The molecule has 1 aliphatic carbocycles. The van der Waals surface area contributed by atoms with E-state index in [0.29, 0.717) is 13.0 Å². The molecule has 3 N–H and O–H groups in total. The molecule has 1 aromatic carbocycles. The fraction of sp³-hybridized carbons (Fsp3) is 0.571. The highest BCUT2D eigenvalue weighted by Crippen LogP contribution is 2.40. The predicted molar refractivity (Wildman–Crippen MR) is 71.1 cm³/mol. The standard InChI is InChI=1S/C14H19ClFNO/c15-13-10(2-1-3-12(13)16)8-14(9-17)6-4-11(18)5-7-14/h1-3,11,18H,4-9,17H2. The van der Waals surface area contributed by atoms with Crippen LogP contribution < -0.4 is 5.73 Å². The summed E-state index contributed by atoms with van der Waals surface area (Å²) < 4.78 is 13.4. The third-order valence-corrected chi connectivity index (χ3v) is 4.47. The minimum Gasteiger partial charge on any atom is -0.393 e. The van der Waals surface area contributed by atoms with E-state index in [1.54, 1.807) is 6.07 Å². The molecular formula is C14H19ClFNO. The molecule has 4 heteroatoms. The molecule has 0 aromatic heterocycles. The lowest BCUT2D eigenvalue weighted by Gasteiger charge is -2.38. The largest absolute Gasteiger partial charge is 0.393 e. The molecule has 2 nitrogen and oxygen atoms in total. The number of benzene rings is 1. The zero-order chi connectivity index (χ0) is 13.2. The first-order valence-corrected chi connectivity index (χ1v) is 6.75. The highest BCUT2D eigenvalue weighted by Gasteiger charge is 2.34. The summed E-state index contributed by atoms with van der Waals surface area (Å²) in [7, 11) is 0. The second-order valence-electron chi connectivity index (χ2n) is 5.33. The average Bonchev–Trinajstić information content (AvgIpc) is 2.38. The molecule has 1 fully saturated rings. The van der Waals surface area contributed by atoms with Gasteiger partial charge >= 0.3 is 0 Å². The van der Waals surface area contributed by atoms with E-state index in [0.717, 1.165) is 31.2 Å². The molecule has 1 aromatic rings. The van der Waals surface area contributed by atoms with Crippen LogP contribution in [0.2, 0.25) is 5.02 Å². The van der Waals surface area contributed by atoms with Crippen molar-refractivity contribution in [2.24, 2.45) is 11.1 Å². The molecule has 0 aliphatic heterocycles. The van der Waals surface area contributed by atoms with E-state index in [1.165, 1.54) is 6.07 Å². The van der Waals surface area contributed by atoms with Gasteiger partial charge in [-0.15, -0.1) is 0 Å². The molecule has 2 rings (SSSR count). The minimum absolute atomic E-state index is 0.0450. The maximum atomic E-state index is 13.4. The van der Waals surface area contributed by atoms with Gasteiger partial charge in [-0.25, -0.2) is 4.39 Å². The van der Waals surface area contributed by atoms with Crippen LogP contribution in [0.1, 0.15) is 31.2 Å². The normalized spacial score (nSPS) is 28.3. The lowest BCUT2D eigenvalue weighted by atomic mass is 9.69. The first-order valence-electron chi connectivity index (χ1n) is 6.37. The summed E-state index contributed by atoms with van der Waals surface area (Å²) in [5.41, 5.74) is 6.67.